The number of nitrogens with zero attached hydrogens (tertiary/aromatic N) is 2. The first kappa shape index (κ1) is 23.4. The highest BCUT2D eigenvalue weighted by molar-refractivity contribution is 7.92. The van der Waals surface area contributed by atoms with Crippen molar-refractivity contribution in [1.29, 1.82) is 0 Å². The van der Waals surface area contributed by atoms with Crippen LogP contribution in [0.25, 0.3) is 0 Å². The number of anilines is 3. The molecule has 0 aliphatic carbocycles. The minimum Gasteiger partial charge on any atom is -0.378 e. The third-order valence-electron chi connectivity index (χ3n) is 5.25. The molecule has 1 aliphatic heterocycles. The molecule has 7 nitrogen and oxygen atoms in total. The van der Waals surface area contributed by atoms with E-state index in [0.29, 0.717) is 36.0 Å². The van der Waals surface area contributed by atoms with Gasteiger partial charge in [-0.1, -0.05) is 24.6 Å². The van der Waals surface area contributed by atoms with Gasteiger partial charge in [0.15, 0.2) is 0 Å². The van der Waals surface area contributed by atoms with Crippen molar-refractivity contribution in [3.8, 4) is 0 Å². The van der Waals surface area contributed by atoms with E-state index in [0.717, 1.165) is 34.9 Å². The quantitative estimate of drug-likeness (QED) is 0.675. The van der Waals surface area contributed by atoms with Crippen molar-refractivity contribution in [2.24, 2.45) is 0 Å². The van der Waals surface area contributed by atoms with E-state index in [1.165, 1.54) is 0 Å². The number of halogens is 1. The maximum atomic E-state index is 13.1. The van der Waals surface area contributed by atoms with Gasteiger partial charge in [0.25, 0.3) is 0 Å². The normalized spacial score (nSPS) is 15.4. The highest BCUT2D eigenvalue weighted by Crippen LogP contribution is 2.28. The molecule has 0 spiro atoms. The Kier molecular flexibility index (Phi) is 7.46. The van der Waals surface area contributed by atoms with Crippen LogP contribution in [0.3, 0.4) is 0 Å². The van der Waals surface area contributed by atoms with Crippen LogP contribution in [0.4, 0.5) is 17.1 Å². The van der Waals surface area contributed by atoms with Gasteiger partial charge in [0.05, 0.1) is 25.2 Å². The maximum absolute atomic E-state index is 13.1. The lowest BCUT2D eigenvalue weighted by atomic mass is 10.1. The first-order valence-corrected chi connectivity index (χ1v) is 12.4. The van der Waals surface area contributed by atoms with E-state index in [1.807, 2.05) is 31.2 Å². The summed E-state index contributed by atoms with van der Waals surface area (Å²) < 4.78 is 31.7. The van der Waals surface area contributed by atoms with E-state index in [2.05, 4.69) is 10.2 Å². The molecule has 1 saturated heterocycles. The molecule has 2 aromatic carbocycles. The van der Waals surface area contributed by atoms with Crippen LogP contribution >= 0.6 is 11.6 Å². The van der Waals surface area contributed by atoms with Crippen LogP contribution in [0, 0.1) is 6.92 Å². The fourth-order valence-electron chi connectivity index (χ4n) is 3.58. The number of ether oxygens (including phenoxy) is 1. The Morgan fingerprint density at radius 1 is 1.19 bits per heavy atom. The van der Waals surface area contributed by atoms with Gasteiger partial charge in [-0.25, -0.2) is 8.42 Å². The summed E-state index contributed by atoms with van der Waals surface area (Å²) in [5.74, 6) is -0.399. The molecule has 0 aromatic heterocycles. The third-order valence-corrected chi connectivity index (χ3v) is 6.84. The fraction of sp³-hybridized carbons (Fsp3) is 0.409. The number of amides is 1. The molecule has 31 heavy (non-hydrogen) atoms. The maximum Gasteiger partial charge on any atom is 0.248 e. The number of carbonyl (C=O) groups excluding carboxylic acids is 1. The second-order valence-corrected chi connectivity index (χ2v) is 9.82. The molecule has 0 unspecified atom stereocenters. The van der Waals surface area contributed by atoms with Crippen molar-refractivity contribution in [2.45, 2.75) is 26.3 Å². The lowest BCUT2D eigenvalue weighted by Gasteiger charge is -2.30. The number of aryl methyl sites for hydroxylation is 1. The monoisotopic (exact) mass is 465 g/mol. The van der Waals surface area contributed by atoms with Gasteiger partial charge < -0.3 is 15.0 Å². The highest BCUT2D eigenvalue weighted by Gasteiger charge is 2.31. The Morgan fingerprint density at radius 2 is 1.84 bits per heavy atom. The molecule has 9 heteroatoms. The van der Waals surface area contributed by atoms with Gasteiger partial charge in [-0.15, -0.1) is 0 Å². The van der Waals surface area contributed by atoms with Gasteiger partial charge in [0, 0.05) is 29.5 Å². The molecule has 0 bridgehead atoms. The molecule has 1 N–H and O–H groups in total. The SMILES string of the molecule is CC[C@@H](C(=O)Nc1ccc(N2CCOCC2)cc1)N(c1ccc(C)c(Cl)c1)S(C)(=O)=O. The lowest BCUT2D eigenvalue weighted by molar-refractivity contribution is -0.117. The van der Waals surface area contributed by atoms with Crippen molar-refractivity contribution in [2.75, 3.05) is 47.1 Å². The van der Waals surface area contributed by atoms with Crippen molar-refractivity contribution < 1.29 is 17.9 Å². The molecule has 0 radical (unpaired) electrons. The summed E-state index contributed by atoms with van der Waals surface area (Å²) >= 11 is 6.21. The van der Waals surface area contributed by atoms with Gasteiger partial charge in [0.1, 0.15) is 6.04 Å². The summed E-state index contributed by atoms with van der Waals surface area (Å²) in [6.45, 7) is 6.65. The van der Waals surface area contributed by atoms with Crippen LogP contribution in [0.5, 0.6) is 0 Å². The standard InChI is InChI=1S/C22H28ClN3O4S/c1-4-21(26(31(3,28)29)19-8-5-16(2)20(23)15-19)22(27)24-17-6-9-18(10-7-17)25-11-13-30-14-12-25/h5-10,15,21H,4,11-14H2,1-3H3,(H,24,27)/t21-/m0/s1. The topological polar surface area (TPSA) is 79.0 Å². The van der Waals surface area contributed by atoms with Crippen molar-refractivity contribution in [1.82, 2.24) is 0 Å². The Hall–Kier alpha value is -2.29. The van der Waals surface area contributed by atoms with E-state index in [4.69, 9.17) is 16.3 Å². The van der Waals surface area contributed by atoms with Crippen molar-refractivity contribution >= 4 is 44.6 Å². The van der Waals surface area contributed by atoms with Crippen molar-refractivity contribution in [3.05, 3.63) is 53.1 Å². The number of sulfonamides is 1. The van der Waals surface area contributed by atoms with Crippen LogP contribution in [0.1, 0.15) is 18.9 Å². The average Bonchev–Trinajstić information content (AvgIpc) is 2.74. The number of carbonyl (C=O) groups is 1. The zero-order valence-corrected chi connectivity index (χ0v) is 19.5. The molecule has 1 fully saturated rings. The minimum absolute atomic E-state index is 0.302. The zero-order valence-electron chi connectivity index (χ0n) is 18.0. The summed E-state index contributed by atoms with van der Waals surface area (Å²) in [7, 11) is -3.72. The Bertz CT molecular complexity index is 1020. The number of hydrogen-bond donors (Lipinski definition) is 1. The molecule has 0 saturated carbocycles. The van der Waals surface area contributed by atoms with E-state index < -0.39 is 22.0 Å². The van der Waals surface area contributed by atoms with Gasteiger partial charge >= 0.3 is 0 Å². The number of rotatable bonds is 7. The number of morpholine rings is 1. The Morgan fingerprint density at radius 3 is 2.39 bits per heavy atom. The molecule has 1 heterocycles. The molecular weight excluding hydrogens is 438 g/mol. The summed E-state index contributed by atoms with van der Waals surface area (Å²) in [4.78, 5) is 15.3. The van der Waals surface area contributed by atoms with Crippen LogP contribution < -0.4 is 14.5 Å². The molecule has 2 aromatic rings. The molecule has 168 valence electrons. The van der Waals surface area contributed by atoms with Gasteiger partial charge in [0.2, 0.25) is 15.9 Å². The van der Waals surface area contributed by atoms with E-state index in [9.17, 15) is 13.2 Å². The predicted molar refractivity (Wildman–Crippen MR) is 126 cm³/mol. The predicted octanol–water partition coefficient (Wildman–Crippen LogP) is 3.67. The molecule has 1 atom stereocenters. The number of nitrogens with one attached hydrogen (secondary N) is 1. The molecule has 1 aliphatic rings. The smallest absolute Gasteiger partial charge is 0.248 e. The van der Waals surface area contributed by atoms with E-state index >= 15 is 0 Å². The van der Waals surface area contributed by atoms with Crippen LogP contribution in [-0.4, -0.2) is 52.9 Å². The minimum atomic E-state index is -3.72. The fourth-order valence-corrected chi connectivity index (χ4v) is 4.96. The molecule has 3 rings (SSSR count). The first-order valence-electron chi connectivity index (χ1n) is 10.2. The van der Waals surface area contributed by atoms with Crippen LogP contribution in [-0.2, 0) is 19.6 Å². The average molecular weight is 466 g/mol. The summed E-state index contributed by atoms with van der Waals surface area (Å²) in [5, 5.41) is 3.29. The molecular formula is C22H28ClN3O4S. The van der Waals surface area contributed by atoms with Gasteiger partial charge in [-0.2, -0.15) is 0 Å². The van der Waals surface area contributed by atoms with E-state index in [-0.39, 0.29) is 0 Å². The second kappa shape index (κ2) is 9.89. The zero-order chi connectivity index (χ0) is 22.6. The van der Waals surface area contributed by atoms with Gasteiger partial charge in [-0.3, -0.25) is 9.10 Å². The van der Waals surface area contributed by atoms with Crippen molar-refractivity contribution in [3.63, 3.8) is 0 Å². The summed E-state index contributed by atoms with van der Waals surface area (Å²) in [5.41, 5.74) is 2.86. The van der Waals surface area contributed by atoms with Crippen LogP contribution in [0.2, 0.25) is 5.02 Å². The van der Waals surface area contributed by atoms with Crippen LogP contribution in [0.15, 0.2) is 42.5 Å². The molecule has 1 amide bonds. The second-order valence-electron chi connectivity index (χ2n) is 7.55. The Labute approximate surface area is 189 Å². The number of benzene rings is 2. The number of hydrogen-bond acceptors (Lipinski definition) is 5. The summed E-state index contributed by atoms with van der Waals surface area (Å²) in [6.07, 6.45) is 1.39. The lowest BCUT2D eigenvalue weighted by Crippen LogP contribution is -2.47. The van der Waals surface area contributed by atoms with E-state index in [1.54, 1.807) is 25.1 Å². The first-order chi connectivity index (χ1) is 14.7. The summed E-state index contributed by atoms with van der Waals surface area (Å²) in [6, 6.07) is 11.6. The van der Waals surface area contributed by atoms with Gasteiger partial charge in [-0.05, 0) is 55.3 Å². The highest BCUT2D eigenvalue weighted by atomic mass is 35.5. The third kappa shape index (κ3) is 5.70. The Balaban J connectivity index is 1.80. The largest absolute Gasteiger partial charge is 0.378 e.